The molecule has 1 N–H and O–H groups in total. The molecular formula is C14H19ClN2O2. The quantitative estimate of drug-likeness (QED) is 0.895. The molecule has 1 aromatic rings. The maximum Gasteiger partial charge on any atom is 0.260 e. The van der Waals surface area contributed by atoms with E-state index in [2.05, 4.69) is 5.32 Å². The predicted molar refractivity (Wildman–Crippen MR) is 75.6 cm³/mol. The van der Waals surface area contributed by atoms with Gasteiger partial charge in [0, 0.05) is 13.1 Å². The summed E-state index contributed by atoms with van der Waals surface area (Å²) in [5.74, 6) is 1.14. The Hall–Kier alpha value is -1.26. The van der Waals surface area contributed by atoms with Crippen LogP contribution in [-0.4, -0.2) is 44.1 Å². The fourth-order valence-electron chi connectivity index (χ4n) is 2.31. The van der Waals surface area contributed by atoms with Gasteiger partial charge in [-0.3, -0.25) is 4.79 Å². The minimum absolute atomic E-state index is 0.0264. The zero-order chi connectivity index (χ0) is 13.7. The number of ether oxygens (including phenoxy) is 1. The van der Waals surface area contributed by atoms with Crippen molar-refractivity contribution in [3.63, 3.8) is 0 Å². The molecule has 0 saturated carbocycles. The molecule has 2 rings (SSSR count). The van der Waals surface area contributed by atoms with Crippen LogP contribution in [0, 0.1) is 5.92 Å². The monoisotopic (exact) mass is 282 g/mol. The summed E-state index contributed by atoms with van der Waals surface area (Å²) in [6.45, 7) is 2.63. The van der Waals surface area contributed by atoms with Crippen molar-refractivity contribution >= 4 is 17.5 Å². The maximum absolute atomic E-state index is 12.0. The standard InChI is InChI=1S/C14H19ClN2O2/c1-16-8-11-6-7-17(9-11)14(18)10-19-13-5-3-2-4-12(13)15/h2-5,11,16H,6-10H2,1H3. The predicted octanol–water partition coefficient (Wildman–Crippen LogP) is 1.79. The summed E-state index contributed by atoms with van der Waals surface area (Å²) in [5.41, 5.74) is 0. The molecule has 0 aliphatic carbocycles. The summed E-state index contributed by atoms with van der Waals surface area (Å²) in [5, 5.41) is 3.68. The lowest BCUT2D eigenvalue weighted by molar-refractivity contribution is -0.132. The third-order valence-electron chi connectivity index (χ3n) is 3.32. The highest BCUT2D eigenvalue weighted by Crippen LogP contribution is 2.23. The molecule has 4 nitrogen and oxygen atoms in total. The lowest BCUT2D eigenvalue weighted by atomic mass is 10.1. The van der Waals surface area contributed by atoms with Gasteiger partial charge in [0.15, 0.2) is 6.61 Å². The Morgan fingerprint density at radius 1 is 1.53 bits per heavy atom. The minimum atomic E-state index is 0.0264. The maximum atomic E-state index is 12.0. The van der Waals surface area contributed by atoms with Gasteiger partial charge < -0.3 is 15.0 Å². The Kier molecular flexibility index (Phi) is 5.05. The first-order chi connectivity index (χ1) is 9.20. The Morgan fingerprint density at radius 2 is 2.32 bits per heavy atom. The molecule has 0 bridgehead atoms. The number of hydrogen-bond acceptors (Lipinski definition) is 3. The molecule has 5 heteroatoms. The van der Waals surface area contributed by atoms with Gasteiger partial charge in [0.05, 0.1) is 5.02 Å². The van der Waals surface area contributed by atoms with Gasteiger partial charge in [-0.1, -0.05) is 23.7 Å². The summed E-state index contributed by atoms with van der Waals surface area (Å²) in [7, 11) is 1.94. The second kappa shape index (κ2) is 6.78. The summed E-state index contributed by atoms with van der Waals surface area (Å²) >= 11 is 5.97. The summed E-state index contributed by atoms with van der Waals surface area (Å²) in [6.07, 6.45) is 1.05. The van der Waals surface area contributed by atoms with Gasteiger partial charge in [0.2, 0.25) is 0 Å². The number of para-hydroxylation sites is 1. The second-order valence-corrected chi connectivity index (χ2v) is 5.18. The normalized spacial score (nSPS) is 18.6. The molecule has 1 aromatic carbocycles. The highest BCUT2D eigenvalue weighted by Gasteiger charge is 2.25. The Balaban J connectivity index is 1.81. The van der Waals surface area contributed by atoms with E-state index in [0.717, 1.165) is 26.1 Å². The molecule has 19 heavy (non-hydrogen) atoms. The van der Waals surface area contributed by atoms with Crippen LogP contribution >= 0.6 is 11.6 Å². The number of likely N-dealkylation sites (tertiary alicyclic amines) is 1. The largest absolute Gasteiger partial charge is 0.482 e. The van der Waals surface area contributed by atoms with Gasteiger partial charge in [0.25, 0.3) is 5.91 Å². The van der Waals surface area contributed by atoms with E-state index in [1.165, 1.54) is 0 Å². The van der Waals surface area contributed by atoms with Crippen molar-refractivity contribution < 1.29 is 9.53 Å². The molecule has 1 atom stereocenters. The highest BCUT2D eigenvalue weighted by molar-refractivity contribution is 6.32. The number of carbonyl (C=O) groups excluding carboxylic acids is 1. The van der Waals surface area contributed by atoms with Crippen LogP contribution in [0.1, 0.15) is 6.42 Å². The van der Waals surface area contributed by atoms with E-state index in [0.29, 0.717) is 16.7 Å². The van der Waals surface area contributed by atoms with Crippen LogP contribution in [0.15, 0.2) is 24.3 Å². The smallest absolute Gasteiger partial charge is 0.260 e. The molecule has 1 amide bonds. The minimum Gasteiger partial charge on any atom is -0.482 e. The molecular weight excluding hydrogens is 264 g/mol. The molecule has 1 unspecified atom stereocenters. The third-order valence-corrected chi connectivity index (χ3v) is 3.63. The average molecular weight is 283 g/mol. The number of benzene rings is 1. The van der Waals surface area contributed by atoms with Crippen molar-refractivity contribution in [2.45, 2.75) is 6.42 Å². The summed E-state index contributed by atoms with van der Waals surface area (Å²) < 4.78 is 5.47. The van der Waals surface area contributed by atoms with Gasteiger partial charge >= 0.3 is 0 Å². The van der Waals surface area contributed by atoms with Crippen molar-refractivity contribution in [1.29, 1.82) is 0 Å². The summed E-state index contributed by atoms with van der Waals surface area (Å²) in [4.78, 5) is 13.9. The number of nitrogens with one attached hydrogen (secondary N) is 1. The average Bonchev–Trinajstić information content (AvgIpc) is 2.87. The van der Waals surface area contributed by atoms with Gasteiger partial charge in [-0.25, -0.2) is 0 Å². The van der Waals surface area contributed by atoms with E-state index in [1.807, 2.05) is 24.1 Å². The zero-order valence-corrected chi connectivity index (χ0v) is 11.8. The van der Waals surface area contributed by atoms with Crippen LogP contribution in [0.5, 0.6) is 5.75 Å². The first-order valence-electron chi connectivity index (χ1n) is 6.50. The van der Waals surface area contributed by atoms with Crippen LogP contribution in [0.2, 0.25) is 5.02 Å². The molecule has 1 heterocycles. The topological polar surface area (TPSA) is 41.6 Å². The van der Waals surface area contributed by atoms with Gasteiger partial charge in [0.1, 0.15) is 5.75 Å². The van der Waals surface area contributed by atoms with E-state index in [4.69, 9.17) is 16.3 Å². The van der Waals surface area contributed by atoms with E-state index in [1.54, 1.807) is 12.1 Å². The molecule has 0 radical (unpaired) electrons. The van der Waals surface area contributed by atoms with E-state index in [-0.39, 0.29) is 12.5 Å². The van der Waals surface area contributed by atoms with Gasteiger partial charge in [-0.05, 0) is 38.1 Å². The fraction of sp³-hybridized carbons (Fsp3) is 0.500. The zero-order valence-electron chi connectivity index (χ0n) is 11.1. The van der Waals surface area contributed by atoms with Crippen LogP contribution in [0.25, 0.3) is 0 Å². The summed E-state index contributed by atoms with van der Waals surface area (Å²) in [6, 6.07) is 7.19. The van der Waals surface area contributed by atoms with Crippen molar-refractivity contribution in [3.05, 3.63) is 29.3 Å². The number of halogens is 1. The Bertz CT molecular complexity index is 439. The SMILES string of the molecule is CNCC1CCN(C(=O)COc2ccccc2Cl)C1. The van der Waals surface area contributed by atoms with Gasteiger partial charge in [-0.15, -0.1) is 0 Å². The molecule has 104 valence electrons. The number of carbonyl (C=O) groups is 1. The van der Waals surface area contributed by atoms with Crippen molar-refractivity contribution in [2.75, 3.05) is 33.3 Å². The molecule has 0 spiro atoms. The highest BCUT2D eigenvalue weighted by atomic mass is 35.5. The van der Waals surface area contributed by atoms with Crippen LogP contribution < -0.4 is 10.1 Å². The lowest BCUT2D eigenvalue weighted by Gasteiger charge is -2.17. The number of rotatable bonds is 5. The molecule has 0 aromatic heterocycles. The first-order valence-corrected chi connectivity index (χ1v) is 6.88. The number of hydrogen-bond donors (Lipinski definition) is 1. The van der Waals surface area contributed by atoms with E-state index in [9.17, 15) is 4.79 Å². The molecule has 1 aliphatic rings. The van der Waals surface area contributed by atoms with E-state index >= 15 is 0 Å². The number of nitrogens with zero attached hydrogens (tertiary/aromatic N) is 1. The Labute approximate surface area is 118 Å². The third kappa shape index (κ3) is 3.85. The van der Waals surface area contributed by atoms with Crippen molar-refractivity contribution in [2.24, 2.45) is 5.92 Å². The molecule has 1 fully saturated rings. The lowest BCUT2D eigenvalue weighted by Crippen LogP contribution is -2.34. The number of amides is 1. The van der Waals surface area contributed by atoms with Crippen LogP contribution in [0.3, 0.4) is 0 Å². The van der Waals surface area contributed by atoms with Crippen molar-refractivity contribution in [3.8, 4) is 5.75 Å². The van der Waals surface area contributed by atoms with Crippen LogP contribution in [0.4, 0.5) is 0 Å². The fourth-order valence-corrected chi connectivity index (χ4v) is 2.50. The van der Waals surface area contributed by atoms with Gasteiger partial charge in [-0.2, -0.15) is 0 Å². The molecule has 1 aliphatic heterocycles. The Morgan fingerprint density at radius 3 is 3.05 bits per heavy atom. The molecule has 1 saturated heterocycles. The second-order valence-electron chi connectivity index (χ2n) is 4.77. The van der Waals surface area contributed by atoms with Crippen molar-refractivity contribution in [1.82, 2.24) is 10.2 Å². The van der Waals surface area contributed by atoms with Crippen LogP contribution in [-0.2, 0) is 4.79 Å². The van der Waals surface area contributed by atoms with E-state index < -0.39 is 0 Å². The first kappa shape index (κ1) is 14.2.